The Balaban J connectivity index is 1.81. The molecule has 1 heterocycles. The van der Waals surface area contributed by atoms with Crippen LogP contribution >= 0.6 is 11.8 Å². The molecule has 0 unspecified atom stereocenters. The molecule has 9 heteroatoms. The summed E-state index contributed by atoms with van der Waals surface area (Å²) in [5.41, 5.74) is -0.237. The van der Waals surface area contributed by atoms with E-state index in [1.807, 2.05) is 20.8 Å². The van der Waals surface area contributed by atoms with Crippen LogP contribution in [0.25, 0.3) is 0 Å². The van der Waals surface area contributed by atoms with E-state index in [-0.39, 0.29) is 23.1 Å². The van der Waals surface area contributed by atoms with Crippen molar-refractivity contribution in [2.75, 3.05) is 11.6 Å². The number of nitrogens with one attached hydrogen (secondary N) is 2. The average molecular weight is 369 g/mol. The van der Waals surface area contributed by atoms with Gasteiger partial charge in [0, 0.05) is 11.5 Å². The monoisotopic (exact) mass is 368 g/mol. The van der Waals surface area contributed by atoms with Crippen LogP contribution in [0, 0.1) is 5.92 Å². The average Bonchev–Trinajstić information content (AvgIpc) is 2.88. The van der Waals surface area contributed by atoms with Gasteiger partial charge in [-0.25, -0.2) is 9.47 Å². The zero-order chi connectivity index (χ0) is 18.6. The van der Waals surface area contributed by atoms with Crippen molar-refractivity contribution in [2.24, 2.45) is 5.92 Å². The molecule has 140 valence electrons. The minimum absolute atomic E-state index is 0.0487. The quantitative estimate of drug-likeness (QED) is 0.551. The van der Waals surface area contributed by atoms with E-state index >= 15 is 0 Å². The first-order valence-electron chi connectivity index (χ1n) is 8.62. The Morgan fingerprint density at radius 3 is 2.56 bits per heavy atom. The maximum atomic E-state index is 12.0. The summed E-state index contributed by atoms with van der Waals surface area (Å²) in [5.74, 6) is 6.72. The van der Waals surface area contributed by atoms with Crippen molar-refractivity contribution in [3.05, 3.63) is 5.82 Å². The van der Waals surface area contributed by atoms with Crippen LogP contribution in [0.15, 0.2) is 5.16 Å². The first kappa shape index (κ1) is 19.6. The van der Waals surface area contributed by atoms with Crippen molar-refractivity contribution in [3.63, 3.8) is 0 Å². The third-order valence-corrected chi connectivity index (χ3v) is 5.29. The number of urea groups is 1. The second-order valence-electron chi connectivity index (χ2n) is 7.60. The third-order valence-electron chi connectivity index (χ3n) is 4.35. The number of aromatic nitrogens is 3. The number of carbonyl (C=O) groups excluding carboxylic acids is 2. The molecule has 2 atom stereocenters. The molecule has 3 amide bonds. The van der Waals surface area contributed by atoms with Gasteiger partial charge in [-0.15, -0.1) is 10.2 Å². The van der Waals surface area contributed by atoms with Crippen LogP contribution in [-0.2, 0) is 10.2 Å². The lowest BCUT2D eigenvalue weighted by molar-refractivity contribution is -0.117. The topological polar surface area (TPSA) is 115 Å². The first-order valence-corrected chi connectivity index (χ1v) is 9.61. The molecule has 1 fully saturated rings. The normalized spacial score (nSPS) is 21.0. The fourth-order valence-corrected chi connectivity index (χ4v) is 3.57. The van der Waals surface area contributed by atoms with E-state index in [9.17, 15) is 9.59 Å². The zero-order valence-electron chi connectivity index (χ0n) is 15.3. The molecule has 1 aliphatic carbocycles. The zero-order valence-corrected chi connectivity index (χ0v) is 16.2. The summed E-state index contributed by atoms with van der Waals surface area (Å²) >= 11 is 1.15. The van der Waals surface area contributed by atoms with Crippen LogP contribution in [-0.4, -0.2) is 38.6 Å². The minimum Gasteiger partial charge on any atom is -0.336 e. The number of amides is 3. The highest BCUT2D eigenvalue weighted by molar-refractivity contribution is 7.99. The smallest absolute Gasteiger partial charge is 0.321 e. The van der Waals surface area contributed by atoms with E-state index in [0.717, 1.165) is 31.0 Å². The number of rotatable bonds is 4. The van der Waals surface area contributed by atoms with Gasteiger partial charge in [-0.1, -0.05) is 52.3 Å². The van der Waals surface area contributed by atoms with Gasteiger partial charge in [-0.3, -0.25) is 10.1 Å². The second-order valence-corrected chi connectivity index (χ2v) is 8.55. The molecule has 1 aromatic heterocycles. The summed E-state index contributed by atoms with van der Waals surface area (Å²) in [5, 5.41) is 13.8. The number of nitrogens with zero attached hydrogens (tertiary/aromatic N) is 3. The van der Waals surface area contributed by atoms with Gasteiger partial charge in [0.1, 0.15) is 0 Å². The highest BCUT2D eigenvalue weighted by Crippen LogP contribution is 2.24. The van der Waals surface area contributed by atoms with E-state index in [1.54, 1.807) is 0 Å². The molecule has 4 N–H and O–H groups in total. The van der Waals surface area contributed by atoms with E-state index in [1.165, 1.54) is 11.1 Å². The molecule has 0 radical (unpaired) electrons. The van der Waals surface area contributed by atoms with E-state index < -0.39 is 6.03 Å². The molecule has 0 aliphatic heterocycles. The minimum atomic E-state index is -0.436. The standard InChI is InChI=1S/C16H28N6O2S/c1-10-7-5-6-8-11(10)18-14(24)19-12(23)9-25-15-21-20-13(22(15)17)16(2,3)4/h10-11H,5-9,17H2,1-4H3,(H2,18,19,23,24)/t10-,11+/m0/s1. The van der Waals surface area contributed by atoms with Crippen LogP contribution in [0.5, 0.6) is 0 Å². The van der Waals surface area contributed by atoms with Crippen LogP contribution in [0.1, 0.15) is 59.2 Å². The maximum absolute atomic E-state index is 12.0. The Morgan fingerprint density at radius 2 is 1.96 bits per heavy atom. The van der Waals surface area contributed by atoms with Crippen molar-refractivity contribution < 1.29 is 9.59 Å². The number of hydrogen-bond donors (Lipinski definition) is 3. The summed E-state index contributed by atoms with van der Waals surface area (Å²) in [6, 6.07) is -0.301. The maximum Gasteiger partial charge on any atom is 0.321 e. The molecule has 2 rings (SSSR count). The molecule has 25 heavy (non-hydrogen) atoms. The van der Waals surface area contributed by atoms with Gasteiger partial charge in [0.05, 0.1) is 5.75 Å². The molecule has 1 aliphatic rings. The van der Waals surface area contributed by atoms with Crippen LogP contribution in [0.4, 0.5) is 4.79 Å². The van der Waals surface area contributed by atoms with Gasteiger partial charge in [0.2, 0.25) is 11.1 Å². The van der Waals surface area contributed by atoms with Crippen molar-refractivity contribution in [2.45, 2.75) is 70.0 Å². The summed E-state index contributed by atoms with van der Waals surface area (Å²) in [6.07, 6.45) is 4.38. The molecule has 0 bridgehead atoms. The number of hydrogen-bond acceptors (Lipinski definition) is 6. The summed E-state index contributed by atoms with van der Waals surface area (Å²) in [6.45, 7) is 8.08. The van der Waals surface area contributed by atoms with Crippen LogP contribution in [0.3, 0.4) is 0 Å². The fraction of sp³-hybridized carbons (Fsp3) is 0.750. The Kier molecular flexibility index (Phi) is 6.31. The number of nitrogen functional groups attached to an aromatic ring is 1. The molecule has 0 aromatic carbocycles. The van der Waals surface area contributed by atoms with Gasteiger partial charge >= 0.3 is 6.03 Å². The lowest BCUT2D eigenvalue weighted by atomic mass is 9.86. The van der Waals surface area contributed by atoms with Crippen molar-refractivity contribution in [1.82, 2.24) is 25.5 Å². The van der Waals surface area contributed by atoms with Crippen LogP contribution in [0.2, 0.25) is 0 Å². The molecular formula is C16H28N6O2S. The van der Waals surface area contributed by atoms with Crippen molar-refractivity contribution >= 4 is 23.7 Å². The molecular weight excluding hydrogens is 340 g/mol. The lowest BCUT2D eigenvalue weighted by Crippen LogP contribution is -2.48. The molecule has 0 saturated heterocycles. The van der Waals surface area contributed by atoms with Gasteiger partial charge in [-0.2, -0.15) is 0 Å². The number of carbonyl (C=O) groups is 2. The van der Waals surface area contributed by atoms with E-state index in [0.29, 0.717) is 16.9 Å². The predicted molar refractivity (Wildman–Crippen MR) is 97.7 cm³/mol. The molecule has 1 saturated carbocycles. The Labute approximate surface area is 152 Å². The largest absolute Gasteiger partial charge is 0.336 e. The highest BCUT2D eigenvalue weighted by Gasteiger charge is 2.25. The lowest BCUT2D eigenvalue weighted by Gasteiger charge is -2.29. The predicted octanol–water partition coefficient (Wildman–Crippen LogP) is 1.79. The molecule has 1 aromatic rings. The number of nitrogens with two attached hydrogens (primary N) is 1. The van der Waals surface area contributed by atoms with Crippen molar-refractivity contribution in [3.8, 4) is 0 Å². The van der Waals surface area contributed by atoms with Gasteiger partial charge < -0.3 is 11.2 Å². The number of thioether (sulfide) groups is 1. The van der Waals surface area contributed by atoms with Crippen LogP contribution < -0.4 is 16.5 Å². The van der Waals surface area contributed by atoms with E-state index in [2.05, 4.69) is 27.8 Å². The summed E-state index contributed by atoms with van der Waals surface area (Å²) in [7, 11) is 0. The van der Waals surface area contributed by atoms with Gasteiger partial charge in [-0.05, 0) is 18.8 Å². The Bertz CT molecular complexity index is 625. The Morgan fingerprint density at radius 1 is 1.28 bits per heavy atom. The molecule has 8 nitrogen and oxygen atoms in total. The molecule has 0 spiro atoms. The Hall–Kier alpha value is -1.77. The third kappa shape index (κ3) is 5.35. The number of imide groups is 1. The highest BCUT2D eigenvalue weighted by atomic mass is 32.2. The van der Waals surface area contributed by atoms with Crippen molar-refractivity contribution in [1.29, 1.82) is 0 Å². The fourth-order valence-electron chi connectivity index (χ4n) is 2.91. The van der Waals surface area contributed by atoms with E-state index in [4.69, 9.17) is 5.84 Å². The summed E-state index contributed by atoms with van der Waals surface area (Å²) in [4.78, 5) is 23.9. The van der Waals surface area contributed by atoms with Gasteiger partial charge in [0.25, 0.3) is 0 Å². The first-order chi connectivity index (χ1) is 11.7. The SMILES string of the molecule is C[C@H]1CCCC[C@H]1NC(=O)NC(=O)CSc1nnc(C(C)(C)C)n1N. The summed E-state index contributed by atoms with van der Waals surface area (Å²) < 4.78 is 1.39. The second kappa shape index (κ2) is 8.07. The van der Waals surface area contributed by atoms with Gasteiger partial charge in [0.15, 0.2) is 5.82 Å².